The van der Waals surface area contributed by atoms with E-state index in [0.29, 0.717) is 12.5 Å². The average molecular weight is 267 g/mol. The molecule has 1 aliphatic heterocycles. The molecule has 0 radical (unpaired) electrons. The third-order valence-corrected chi connectivity index (χ3v) is 4.51. The van der Waals surface area contributed by atoms with Crippen LogP contribution < -0.4 is 10.6 Å². The first-order chi connectivity index (χ1) is 9.12. The zero-order valence-electron chi connectivity index (χ0n) is 12.5. The summed E-state index contributed by atoms with van der Waals surface area (Å²) in [5.41, 5.74) is 0.256. The number of nitrogens with one attached hydrogen (secondary N) is 2. The van der Waals surface area contributed by atoms with E-state index >= 15 is 0 Å². The minimum Gasteiger partial charge on any atom is -0.355 e. The van der Waals surface area contributed by atoms with E-state index in [1.807, 2.05) is 0 Å². The number of carbonyl (C=O) groups is 1. The highest BCUT2D eigenvalue weighted by atomic mass is 16.2. The number of amides is 1. The molecule has 1 amide bonds. The van der Waals surface area contributed by atoms with Crippen molar-refractivity contribution in [2.75, 3.05) is 32.7 Å². The second kappa shape index (κ2) is 6.71. The lowest BCUT2D eigenvalue weighted by atomic mass is 9.79. The summed E-state index contributed by atoms with van der Waals surface area (Å²) in [4.78, 5) is 14.5. The second-order valence-corrected chi connectivity index (χ2v) is 6.58. The van der Waals surface area contributed by atoms with E-state index < -0.39 is 0 Å². The maximum atomic E-state index is 12.1. The molecule has 19 heavy (non-hydrogen) atoms. The Morgan fingerprint density at radius 1 is 1.32 bits per heavy atom. The van der Waals surface area contributed by atoms with E-state index in [1.165, 1.54) is 32.1 Å². The minimum atomic E-state index is 0.195. The highest BCUT2D eigenvalue weighted by Gasteiger charge is 2.40. The van der Waals surface area contributed by atoms with Gasteiger partial charge in [0.2, 0.25) is 5.91 Å². The van der Waals surface area contributed by atoms with E-state index in [9.17, 15) is 4.79 Å². The second-order valence-electron chi connectivity index (χ2n) is 6.58. The summed E-state index contributed by atoms with van der Waals surface area (Å²) in [5, 5.41) is 6.58. The normalized spacial score (nSPS) is 23.7. The van der Waals surface area contributed by atoms with Crippen molar-refractivity contribution in [2.24, 2.45) is 5.92 Å². The molecule has 0 aromatic heterocycles. The molecule has 0 atom stereocenters. The zero-order valence-corrected chi connectivity index (χ0v) is 12.5. The molecule has 2 fully saturated rings. The summed E-state index contributed by atoms with van der Waals surface area (Å²) in [6.45, 7) is 8.71. The van der Waals surface area contributed by atoms with Crippen molar-refractivity contribution in [3.8, 4) is 0 Å². The van der Waals surface area contributed by atoms with Crippen LogP contribution in [0.25, 0.3) is 0 Å². The number of hydrogen-bond donors (Lipinski definition) is 2. The third kappa shape index (κ3) is 3.93. The van der Waals surface area contributed by atoms with Crippen molar-refractivity contribution in [1.82, 2.24) is 15.5 Å². The van der Waals surface area contributed by atoms with Gasteiger partial charge in [0.15, 0.2) is 0 Å². The lowest BCUT2D eigenvalue weighted by Gasteiger charge is -2.49. The molecule has 2 N–H and O–H groups in total. The van der Waals surface area contributed by atoms with Crippen LogP contribution >= 0.6 is 0 Å². The van der Waals surface area contributed by atoms with Crippen molar-refractivity contribution in [1.29, 1.82) is 0 Å². The van der Waals surface area contributed by atoms with Crippen LogP contribution in [0, 0.1) is 5.92 Å². The van der Waals surface area contributed by atoms with Gasteiger partial charge in [-0.3, -0.25) is 9.69 Å². The van der Waals surface area contributed by atoms with E-state index in [1.54, 1.807) is 0 Å². The van der Waals surface area contributed by atoms with Crippen LogP contribution in [0.3, 0.4) is 0 Å². The fourth-order valence-electron chi connectivity index (χ4n) is 3.38. The zero-order chi connectivity index (χ0) is 13.7. The molecule has 0 unspecified atom stereocenters. The van der Waals surface area contributed by atoms with Crippen LogP contribution in [0.1, 0.15) is 46.0 Å². The van der Waals surface area contributed by atoms with Gasteiger partial charge < -0.3 is 10.6 Å². The van der Waals surface area contributed by atoms with Gasteiger partial charge in [0.25, 0.3) is 0 Å². The van der Waals surface area contributed by atoms with Gasteiger partial charge in [-0.05, 0) is 18.8 Å². The summed E-state index contributed by atoms with van der Waals surface area (Å²) in [5.74, 6) is 0.719. The molecule has 0 bridgehead atoms. The van der Waals surface area contributed by atoms with E-state index in [4.69, 9.17) is 0 Å². The number of rotatable bonds is 4. The smallest absolute Gasteiger partial charge is 0.234 e. The lowest BCUT2D eigenvalue weighted by Crippen LogP contribution is -2.63. The molecular weight excluding hydrogens is 238 g/mol. The largest absolute Gasteiger partial charge is 0.355 e. The van der Waals surface area contributed by atoms with Gasteiger partial charge in [-0.25, -0.2) is 0 Å². The van der Waals surface area contributed by atoms with Crippen molar-refractivity contribution >= 4 is 5.91 Å². The Morgan fingerprint density at radius 2 is 2.05 bits per heavy atom. The van der Waals surface area contributed by atoms with Gasteiger partial charge in [0.05, 0.1) is 6.54 Å². The highest BCUT2D eigenvalue weighted by molar-refractivity contribution is 5.78. The van der Waals surface area contributed by atoms with Gasteiger partial charge >= 0.3 is 0 Å². The van der Waals surface area contributed by atoms with Crippen molar-refractivity contribution in [3.63, 3.8) is 0 Å². The first-order valence-electron chi connectivity index (χ1n) is 7.85. The van der Waals surface area contributed by atoms with Crippen LogP contribution in [-0.2, 0) is 4.79 Å². The summed E-state index contributed by atoms with van der Waals surface area (Å²) in [7, 11) is 0. The Bertz CT molecular complexity index is 290. The fourth-order valence-corrected chi connectivity index (χ4v) is 3.38. The quantitative estimate of drug-likeness (QED) is 0.808. The van der Waals surface area contributed by atoms with Gasteiger partial charge in [-0.15, -0.1) is 0 Å². The molecule has 4 nitrogen and oxygen atoms in total. The van der Waals surface area contributed by atoms with E-state index in [-0.39, 0.29) is 11.4 Å². The van der Waals surface area contributed by atoms with Crippen molar-refractivity contribution in [2.45, 2.75) is 51.5 Å². The minimum absolute atomic E-state index is 0.195. The first-order valence-corrected chi connectivity index (χ1v) is 7.85. The van der Waals surface area contributed by atoms with Gasteiger partial charge in [0, 0.05) is 31.7 Å². The Kier molecular flexibility index (Phi) is 5.22. The van der Waals surface area contributed by atoms with Crippen LogP contribution in [0.15, 0.2) is 0 Å². The van der Waals surface area contributed by atoms with E-state index in [0.717, 1.165) is 26.2 Å². The average Bonchev–Trinajstić information content (AvgIpc) is 2.40. The highest BCUT2D eigenvalue weighted by Crippen LogP contribution is 2.34. The molecule has 1 aliphatic carbocycles. The topological polar surface area (TPSA) is 44.4 Å². The number of piperazine rings is 1. The van der Waals surface area contributed by atoms with Gasteiger partial charge in [0.1, 0.15) is 0 Å². The molecule has 0 aromatic rings. The summed E-state index contributed by atoms with van der Waals surface area (Å²) in [6, 6.07) is 0. The molecule has 1 saturated heterocycles. The molecular formula is C15H29N3O. The standard InChI is InChI=1S/C15H29N3O/c1-13(2)10-17-14(19)11-18-9-8-16-12-15(18)6-4-3-5-7-15/h13,16H,3-12H2,1-2H3,(H,17,19). The van der Waals surface area contributed by atoms with Gasteiger partial charge in [-0.2, -0.15) is 0 Å². The molecule has 1 spiro atoms. The Balaban J connectivity index is 1.90. The molecule has 1 saturated carbocycles. The lowest BCUT2D eigenvalue weighted by molar-refractivity contribution is -0.125. The predicted molar refractivity (Wildman–Crippen MR) is 78.1 cm³/mol. The van der Waals surface area contributed by atoms with Crippen molar-refractivity contribution in [3.05, 3.63) is 0 Å². The molecule has 110 valence electrons. The molecule has 2 rings (SSSR count). The first kappa shape index (κ1) is 14.8. The third-order valence-electron chi connectivity index (χ3n) is 4.51. The molecule has 1 heterocycles. The van der Waals surface area contributed by atoms with Crippen molar-refractivity contribution < 1.29 is 4.79 Å². The van der Waals surface area contributed by atoms with Gasteiger partial charge in [-0.1, -0.05) is 33.1 Å². The fraction of sp³-hybridized carbons (Fsp3) is 0.933. The molecule has 2 aliphatic rings. The van der Waals surface area contributed by atoms with Crippen LogP contribution in [0.2, 0.25) is 0 Å². The SMILES string of the molecule is CC(C)CNC(=O)CN1CCNCC12CCCCC2. The molecule has 4 heteroatoms. The van der Waals surface area contributed by atoms with E-state index in [2.05, 4.69) is 29.4 Å². The number of hydrogen-bond acceptors (Lipinski definition) is 3. The maximum Gasteiger partial charge on any atom is 0.234 e. The summed E-state index contributed by atoms with van der Waals surface area (Å²) >= 11 is 0. The Hall–Kier alpha value is -0.610. The summed E-state index contributed by atoms with van der Waals surface area (Å²) < 4.78 is 0. The van der Waals surface area contributed by atoms with Crippen LogP contribution in [0.4, 0.5) is 0 Å². The monoisotopic (exact) mass is 267 g/mol. The Morgan fingerprint density at radius 3 is 2.74 bits per heavy atom. The maximum absolute atomic E-state index is 12.1. The number of carbonyl (C=O) groups excluding carboxylic acids is 1. The molecule has 0 aromatic carbocycles. The van der Waals surface area contributed by atoms with Crippen LogP contribution in [-0.4, -0.2) is 49.1 Å². The Labute approximate surface area is 117 Å². The number of nitrogens with zero attached hydrogens (tertiary/aromatic N) is 1. The predicted octanol–water partition coefficient (Wildman–Crippen LogP) is 1.37. The summed E-state index contributed by atoms with van der Waals surface area (Å²) in [6.07, 6.45) is 6.47. The van der Waals surface area contributed by atoms with Crippen LogP contribution in [0.5, 0.6) is 0 Å².